The number of nitrogens with one attached hydrogen (secondary N) is 1. The second-order valence-corrected chi connectivity index (χ2v) is 2.82. The van der Waals surface area contributed by atoms with Crippen LogP contribution >= 0.6 is 0 Å². The Balaban J connectivity index is 0.000000461. The zero-order chi connectivity index (χ0) is 10.6. The maximum Gasteiger partial charge on any atom is 0.127 e. The summed E-state index contributed by atoms with van der Waals surface area (Å²) in [7, 11) is 0. The molecule has 0 saturated heterocycles. The number of hydrogen-bond donors (Lipinski definition) is 1. The highest BCUT2D eigenvalue weighted by Gasteiger charge is 2.04. The first kappa shape index (κ1) is 10.8. The van der Waals surface area contributed by atoms with Crippen molar-refractivity contribution >= 4 is 10.9 Å². The number of H-pyrrole nitrogens is 1. The zero-order valence-electron chi connectivity index (χ0n) is 8.89. The quantitative estimate of drug-likeness (QED) is 0.707. The van der Waals surface area contributed by atoms with Gasteiger partial charge in [0.15, 0.2) is 0 Å². The highest BCUT2D eigenvalue weighted by molar-refractivity contribution is 5.83. The normalized spacial score (nSPS) is 9.71. The molecule has 0 saturated carbocycles. The van der Waals surface area contributed by atoms with Gasteiger partial charge >= 0.3 is 0 Å². The monoisotopic (exact) mass is 193 g/mol. The van der Waals surface area contributed by atoms with E-state index >= 15 is 0 Å². The average molecular weight is 193 g/mol. The van der Waals surface area contributed by atoms with Gasteiger partial charge in [0.2, 0.25) is 0 Å². The van der Waals surface area contributed by atoms with E-state index in [1.54, 1.807) is 6.07 Å². The molecule has 1 aromatic heterocycles. The molecule has 0 unspecified atom stereocenters. The molecule has 0 atom stereocenters. The van der Waals surface area contributed by atoms with Crippen molar-refractivity contribution in [2.45, 2.75) is 27.2 Å². The van der Waals surface area contributed by atoms with Crippen molar-refractivity contribution in [3.8, 4) is 0 Å². The molecule has 0 aliphatic rings. The highest BCUT2D eigenvalue weighted by atomic mass is 19.1. The largest absolute Gasteiger partial charge is 0.361 e. The summed E-state index contributed by atoms with van der Waals surface area (Å²) < 4.78 is 13.2. The fourth-order valence-electron chi connectivity index (χ4n) is 1.53. The Labute approximate surface area is 84.0 Å². The van der Waals surface area contributed by atoms with Gasteiger partial charge in [0.1, 0.15) is 5.82 Å². The standard InChI is InChI=1S/C10H10FN.C2H6/c1-2-7-8-5-6-12-10(8)4-3-9(7)11;1-2/h3-6,12H,2H2,1H3;1-2H3. The summed E-state index contributed by atoms with van der Waals surface area (Å²) in [4.78, 5) is 3.05. The topological polar surface area (TPSA) is 15.8 Å². The minimum atomic E-state index is -0.107. The Hall–Kier alpha value is -1.31. The van der Waals surface area contributed by atoms with Crippen molar-refractivity contribution in [3.63, 3.8) is 0 Å². The lowest BCUT2D eigenvalue weighted by atomic mass is 10.1. The fourth-order valence-corrected chi connectivity index (χ4v) is 1.53. The van der Waals surface area contributed by atoms with Crippen molar-refractivity contribution in [2.24, 2.45) is 0 Å². The van der Waals surface area contributed by atoms with Crippen LogP contribution in [0.25, 0.3) is 10.9 Å². The third-order valence-corrected chi connectivity index (χ3v) is 2.14. The number of benzene rings is 1. The lowest BCUT2D eigenvalue weighted by molar-refractivity contribution is 0.615. The number of aromatic amines is 1. The smallest absolute Gasteiger partial charge is 0.127 e. The summed E-state index contributed by atoms with van der Waals surface area (Å²) in [5.41, 5.74) is 1.81. The number of halogens is 1. The number of fused-ring (bicyclic) bond motifs is 1. The molecule has 14 heavy (non-hydrogen) atoms. The van der Waals surface area contributed by atoms with Crippen molar-refractivity contribution < 1.29 is 4.39 Å². The molecule has 1 nitrogen and oxygen atoms in total. The van der Waals surface area contributed by atoms with Crippen LogP contribution in [0.2, 0.25) is 0 Å². The van der Waals surface area contributed by atoms with E-state index in [0.717, 1.165) is 22.9 Å². The molecule has 0 fully saturated rings. The first-order valence-electron chi connectivity index (χ1n) is 5.07. The maximum atomic E-state index is 13.2. The summed E-state index contributed by atoms with van der Waals surface area (Å²) in [6.45, 7) is 5.96. The summed E-state index contributed by atoms with van der Waals surface area (Å²) in [6.07, 6.45) is 2.57. The van der Waals surface area contributed by atoms with Crippen LogP contribution < -0.4 is 0 Å². The minimum Gasteiger partial charge on any atom is -0.361 e. The van der Waals surface area contributed by atoms with Crippen LogP contribution in [0.4, 0.5) is 4.39 Å². The van der Waals surface area contributed by atoms with Crippen LogP contribution in [0, 0.1) is 5.82 Å². The van der Waals surface area contributed by atoms with E-state index in [2.05, 4.69) is 4.98 Å². The lowest BCUT2D eigenvalue weighted by Crippen LogP contribution is -1.87. The fraction of sp³-hybridized carbons (Fsp3) is 0.333. The average Bonchev–Trinajstić information content (AvgIpc) is 2.69. The van der Waals surface area contributed by atoms with Gasteiger partial charge in [-0.25, -0.2) is 4.39 Å². The molecule has 2 rings (SSSR count). The van der Waals surface area contributed by atoms with Crippen LogP contribution in [0.15, 0.2) is 24.4 Å². The van der Waals surface area contributed by atoms with Gasteiger partial charge in [-0.15, -0.1) is 0 Å². The lowest BCUT2D eigenvalue weighted by Gasteiger charge is -2.00. The first-order valence-corrected chi connectivity index (χ1v) is 5.07. The van der Waals surface area contributed by atoms with Gasteiger partial charge in [0.05, 0.1) is 0 Å². The summed E-state index contributed by atoms with van der Waals surface area (Å²) in [5, 5.41) is 0.998. The van der Waals surface area contributed by atoms with Crippen LogP contribution in [0.1, 0.15) is 26.3 Å². The number of aryl methyl sites for hydroxylation is 1. The minimum absolute atomic E-state index is 0.107. The van der Waals surface area contributed by atoms with E-state index < -0.39 is 0 Å². The zero-order valence-corrected chi connectivity index (χ0v) is 8.89. The first-order chi connectivity index (χ1) is 6.83. The SMILES string of the molecule is CC.CCc1c(F)ccc2[nH]ccc12. The van der Waals surface area contributed by atoms with Crippen molar-refractivity contribution in [1.29, 1.82) is 0 Å². The molecule has 1 heterocycles. The molecule has 0 radical (unpaired) electrons. The Morgan fingerprint density at radius 2 is 1.93 bits per heavy atom. The Kier molecular flexibility index (Phi) is 3.69. The molecule has 76 valence electrons. The third-order valence-electron chi connectivity index (χ3n) is 2.14. The predicted molar refractivity (Wildman–Crippen MR) is 59.0 cm³/mol. The predicted octanol–water partition coefficient (Wildman–Crippen LogP) is 3.90. The number of hydrogen-bond acceptors (Lipinski definition) is 0. The summed E-state index contributed by atoms with van der Waals surface area (Å²) in [6, 6.07) is 5.19. The van der Waals surface area contributed by atoms with Crippen LogP contribution in [0.5, 0.6) is 0 Å². The molecule has 2 heteroatoms. The van der Waals surface area contributed by atoms with Gasteiger partial charge < -0.3 is 4.98 Å². The number of aromatic nitrogens is 1. The molecule has 0 bridgehead atoms. The van der Waals surface area contributed by atoms with Crippen molar-refractivity contribution in [1.82, 2.24) is 4.98 Å². The Morgan fingerprint density at radius 1 is 1.21 bits per heavy atom. The van der Waals surface area contributed by atoms with E-state index in [0.29, 0.717) is 0 Å². The van der Waals surface area contributed by atoms with Crippen LogP contribution in [-0.4, -0.2) is 4.98 Å². The van der Waals surface area contributed by atoms with Crippen LogP contribution in [0.3, 0.4) is 0 Å². The van der Waals surface area contributed by atoms with Gasteiger partial charge in [-0.05, 0) is 30.2 Å². The van der Waals surface area contributed by atoms with Gasteiger partial charge in [0, 0.05) is 17.1 Å². The summed E-state index contributed by atoms with van der Waals surface area (Å²) >= 11 is 0. The molecular formula is C12H16FN. The van der Waals surface area contributed by atoms with Crippen molar-refractivity contribution in [2.75, 3.05) is 0 Å². The molecule has 1 aromatic carbocycles. The van der Waals surface area contributed by atoms with Gasteiger partial charge in [-0.1, -0.05) is 20.8 Å². The van der Waals surface area contributed by atoms with Gasteiger partial charge in [-0.3, -0.25) is 0 Å². The third kappa shape index (κ3) is 1.79. The second-order valence-electron chi connectivity index (χ2n) is 2.82. The molecule has 0 amide bonds. The van der Waals surface area contributed by atoms with Gasteiger partial charge in [0.25, 0.3) is 0 Å². The summed E-state index contributed by atoms with van der Waals surface area (Å²) in [5.74, 6) is -0.107. The van der Waals surface area contributed by atoms with Gasteiger partial charge in [-0.2, -0.15) is 0 Å². The maximum absolute atomic E-state index is 13.2. The Bertz CT molecular complexity index is 404. The van der Waals surface area contributed by atoms with E-state index in [1.807, 2.05) is 33.0 Å². The highest BCUT2D eigenvalue weighted by Crippen LogP contribution is 2.20. The van der Waals surface area contributed by atoms with E-state index in [1.165, 1.54) is 6.07 Å². The molecule has 0 spiro atoms. The van der Waals surface area contributed by atoms with E-state index in [-0.39, 0.29) is 5.82 Å². The number of rotatable bonds is 1. The molecule has 0 aliphatic heterocycles. The molecule has 1 N–H and O–H groups in total. The molecule has 2 aromatic rings. The van der Waals surface area contributed by atoms with Crippen molar-refractivity contribution in [3.05, 3.63) is 35.8 Å². The second kappa shape index (κ2) is 4.80. The molecular weight excluding hydrogens is 177 g/mol. The Morgan fingerprint density at radius 3 is 2.57 bits per heavy atom. The van der Waals surface area contributed by atoms with Crippen LogP contribution in [-0.2, 0) is 6.42 Å². The van der Waals surface area contributed by atoms with E-state index in [9.17, 15) is 4.39 Å². The molecule has 0 aliphatic carbocycles. The van der Waals surface area contributed by atoms with E-state index in [4.69, 9.17) is 0 Å².